The summed E-state index contributed by atoms with van der Waals surface area (Å²) in [5.41, 5.74) is 2.14. The lowest BCUT2D eigenvalue weighted by Gasteiger charge is -2.10. The van der Waals surface area contributed by atoms with Gasteiger partial charge >= 0.3 is 0 Å². The highest BCUT2D eigenvalue weighted by atomic mass is 16.5. The molecule has 1 aliphatic rings. The van der Waals surface area contributed by atoms with E-state index in [2.05, 4.69) is 20.6 Å². The second kappa shape index (κ2) is 5.31. The summed E-state index contributed by atoms with van der Waals surface area (Å²) < 4.78 is 5.24. The molecule has 2 N–H and O–H groups in total. The molecule has 2 amide bonds. The van der Waals surface area contributed by atoms with Gasteiger partial charge < -0.3 is 10.1 Å². The number of nitrogens with zero attached hydrogens (tertiary/aromatic N) is 2. The summed E-state index contributed by atoms with van der Waals surface area (Å²) >= 11 is 0. The van der Waals surface area contributed by atoms with Crippen molar-refractivity contribution in [1.82, 2.24) is 15.3 Å². The number of aromatic nitrogens is 2. The van der Waals surface area contributed by atoms with Crippen molar-refractivity contribution < 1.29 is 14.3 Å². The Balaban J connectivity index is 1.76. The minimum absolute atomic E-state index is 0.348. The Kier molecular flexibility index (Phi) is 3.13. The molecule has 0 atom stereocenters. The molecule has 0 bridgehead atoms. The summed E-state index contributed by atoms with van der Waals surface area (Å²) in [6.07, 6.45) is 1.46. The predicted octanol–water partition coefficient (Wildman–Crippen LogP) is 2.27. The molecule has 1 aromatic heterocycles. The Bertz CT molecular complexity index is 1000. The van der Waals surface area contributed by atoms with E-state index in [-0.39, 0.29) is 5.91 Å². The lowest BCUT2D eigenvalue weighted by Crippen LogP contribution is -2.19. The molecule has 1 aliphatic heterocycles. The monoisotopic (exact) mass is 320 g/mol. The second-order valence-electron chi connectivity index (χ2n) is 5.27. The number of fused-ring (bicyclic) bond motifs is 2. The van der Waals surface area contributed by atoms with Crippen molar-refractivity contribution in [3.05, 3.63) is 53.9 Å². The smallest absolute Gasteiger partial charge is 0.259 e. The van der Waals surface area contributed by atoms with Crippen LogP contribution in [0.5, 0.6) is 5.75 Å². The van der Waals surface area contributed by atoms with E-state index in [1.54, 1.807) is 25.3 Å². The Morgan fingerprint density at radius 3 is 2.67 bits per heavy atom. The van der Waals surface area contributed by atoms with Crippen molar-refractivity contribution in [2.45, 2.75) is 0 Å². The molecule has 0 aliphatic carbocycles. The van der Waals surface area contributed by atoms with Crippen LogP contribution in [0.2, 0.25) is 0 Å². The van der Waals surface area contributed by atoms with E-state index >= 15 is 0 Å². The second-order valence-corrected chi connectivity index (χ2v) is 5.27. The topological polar surface area (TPSA) is 93.2 Å². The van der Waals surface area contributed by atoms with Crippen LogP contribution < -0.4 is 15.4 Å². The molecular formula is C17H12N4O3. The van der Waals surface area contributed by atoms with Gasteiger partial charge in [-0.15, -0.1) is 0 Å². The first kappa shape index (κ1) is 14.1. The SMILES string of the molecule is COc1ccc2ncnc(Nc3ccc4c(c3)C(=O)NC4=O)c2c1. The molecule has 0 spiro atoms. The molecule has 7 heteroatoms. The number of hydrogen-bond acceptors (Lipinski definition) is 6. The Morgan fingerprint density at radius 1 is 1.00 bits per heavy atom. The number of carbonyl (C=O) groups is 2. The molecule has 0 radical (unpaired) electrons. The number of imide groups is 1. The van der Waals surface area contributed by atoms with Crippen LogP contribution >= 0.6 is 0 Å². The Labute approximate surface area is 136 Å². The summed E-state index contributed by atoms with van der Waals surface area (Å²) in [5.74, 6) is 0.509. The number of hydrogen-bond donors (Lipinski definition) is 2. The highest BCUT2D eigenvalue weighted by molar-refractivity contribution is 6.21. The van der Waals surface area contributed by atoms with Gasteiger partial charge in [0.05, 0.1) is 23.8 Å². The van der Waals surface area contributed by atoms with Crippen LogP contribution in [0.4, 0.5) is 11.5 Å². The first-order valence-electron chi connectivity index (χ1n) is 7.21. The molecule has 0 saturated carbocycles. The van der Waals surface area contributed by atoms with Gasteiger partial charge in [0.1, 0.15) is 17.9 Å². The van der Waals surface area contributed by atoms with E-state index in [4.69, 9.17) is 4.74 Å². The van der Waals surface area contributed by atoms with Crippen molar-refractivity contribution >= 4 is 34.2 Å². The number of nitrogens with one attached hydrogen (secondary N) is 2. The van der Waals surface area contributed by atoms with Gasteiger partial charge in [0.15, 0.2) is 0 Å². The Morgan fingerprint density at radius 2 is 1.83 bits per heavy atom. The van der Waals surface area contributed by atoms with Crippen LogP contribution in [-0.2, 0) is 0 Å². The zero-order valence-electron chi connectivity index (χ0n) is 12.7. The van der Waals surface area contributed by atoms with Crippen molar-refractivity contribution in [3.8, 4) is 5.75 Å². The highest BCUT2D eigenvalue weighted by Crippen LogP contribution is 2.28. The van der Waals surface area contributed by atoms with Crippen LogP contribution in [0.1, 0.15) is 20.7 Å². The minimum Gasteiger partial charge on any atom is -0.497 e. The van der Waals surface area contributed by atoms with E-state index in [1.807, 2.05) is 18.2 Å². The zero-order valence-corrected chi connectivity index (χ0v) is 12.7. The van der Waals surface area contributed by atoms with Crippen LogP contribution in [-0.4, -0.2) is 28.9 Å². The molecule has 0 unspecified atom stereocenters. The normalized spacial score (nSPS) is 12.9. The number of benzene rings is 2. The summed E-state index contributed by atoms with van der Waals surface area (Å²) in [6, 6.07) is 10.5. The van der Waals surface area contributed by atoms with Gasteiger partial charge in [0.2, 0.25) is 0 Å². The standard InChI is InChI=1S/C17H12N4O3/c1-24-10-3-5-14-13(7-10)15(19-8-18-14)20-9-2-4-11-12(6-9)17(23)21-16(11)22/h2-8H,1H3,(H,18,19,20)(H,21,22,23). The maximum Gasteiger partial charge on any atom is 0.259 e. The number of carbonyl (C=O) groups excluding carboxylic acids is 2. The lowest BCUT2D eigenvalue weighted by atomic mass is 10.1. The van der Waals surface area contributed by atoms with E-state index in [9.17, 15) is 9.59 Å². The minimum atomic E-state index is -0.395. The molecule has 2 aromatic carbocycles. The molecular weight excluding hydrogens is 308 g/mol. The van der Waals surface area contributed by atoms with Gasteiger partial charge in [-0.05, 0) is 36.4 Å². The summed E-state index contributed by atoms with van der Waals surface area (Å²) in [7, 11) is 1.59. The van der Waals surface area contributed by atoms with Crippen LogP contribution in [0.15, 0.2) is 42.7 Å². The first-order chi connectivity index (χ1) is 11.7. The van der Waals surface area contributed by atoms with Gasteiger partial charge in [-0.1, -0.05) is 0 Å². The van der Waals surface area contributed by atoms with Gasteiger partial charge in [-0.2, -0.15) is 0 Å². The number of amides is 2. The fraction of sp³-hybridized carbons (Fsp3) is 0.0588. The van der Waals surface area contributed by atoms with Gasteiger partial charge in [-0.25, -0.2) is 9.97 Å². The number of ether oxygens (including phenoxy) is 1. The van der Waals surface area contributed by atoms with Gasteiger partial charge in [-0.3, -0.25) is 14.9 Å². The van der Waals surface area contributed by atoms with Crippen molar-refractivity contribution in [2.24, 2.45) is 0 Å². The maximum absolute atomic E-state index is 11.8. The summed E-state index contributed by atoms with van der Waals surface area (Å²) in [5, 5.41) is 6.23. The highest BCUT2D eigenvalue weighted by Gasteiger charge is 2.26. The van der Waals surface area contributed by atoms with Crippen molar-refractivity contribution in [2.75, 3.05) is 12.4 Å². The third-order valence-electron chi connectivity index (χ3n) is 3.84. The maximum atomic E-state index is 11.8. The van der Waals surface area contributed by atoms with Crippen LogP contribution in [0, 0.1) is 0 Å². The molecule has 3 aromatic rings. The van der Waals surface area contributed by atoms with Crippen molar-refractivity contribution in [1.29, 1.82) is 0 Å². The van der Waals surface area contributed by atoms with Crippen LogP contribution in [0.3, 0.4) is 0 Å². The summed E-state index contributed by atoms with van der Waals surface area (Å²) in [4.78, 5) is 31.9. The quantitative estimate of drug-likeness (QED) is 0.719. The molecule has 7 nitrogen and oxygen atoms in total. The molecule has 0 fully saturated rings. The number of methoxy groups -OCH3 is 1. The fourth-order valence-electron chi connectivity index (χ4n) is 2.64. The average Bonchev–Trinajstić information content (AvgIpc) is 2.89. The molecule has 0 saturated heterocycles. The molecule has 24 heavy (non-hydrogen) atoms. The van der Waals surface area contributed by atoms with E-state index in [0.717, 1.165) is 10.9 Å². The third kappa shape index (κ3) is 2.23. The molecule has 118 valence electrons. The zero-order chi connectivity index (χ0) is 16.7. The largest absolute Gasteiger partial charge is 0.497 e. The van der Waals surface area contributed by atoms with Gasteiger partial charge in [0.25, 0.3) is 11.8 Å². The van der Waals surface area contributed by atoms with Crippen LogP contribution in [0.25, 0.3) is 10.9 Å². The average molecular weight is 320 g/mol. The molecule has 2 heterocycles. The summed E-state index contributed by atoms with van der Waals surface area (Å²) in [6.45, 7) is 0. The fourth-order valence-corrected chi connectivity index (χ4v) is 2.64. The van der Waals surface area contributed by atoms with E-state index in [1.165, 1.54) is 6.33 Å². The number of rotatable bonds is 3. The van der Waals surface area contributed by atoms with Crippen molar-refractivity contribution in [3.63, 3.8) is 0 Å². The first-order valence-corrected chi connectivity index (χ1v) is 7.21. The predicted molar refractivity (Wildman–Crippen MR) is 87.6 cm³/mol. The van der Waals surface area contributed by atoms with E-state index < -0.39 is 5.91 Å². The molecule has 4 rings (SSSR count). The third-order valence-corrected chi connectivity index (χ3v) is 3.84. The number of anilines is 2. The lowest BCUT2D eigenvalue weighted by molar-refractivity contribution is 0.0879. The van der Waals surface area contributed by atoms with E-state index in [0.29, 0.717) is 28.4 Å². The van der Waals surface area contributed by atoms with Gasteiger partial charge in [0, 0.05) is 11.1 Å². The Hall–Kier alpha value is -3.48.